The SMILES string of the molecule is C.CCN(CC)CC.Cc1nnn2c1-c1ccc(C3=CCN(C(=O)C4CC4)CC3)cc1C(Nc1cccc(Cl)c1)CC2.Cc1nnn2c1-c1ccc(C3=CCNCC3)cc1C(Nc1cccc(Cl)c1)CC2.O=C(Cl)C1CC1.O=C(O)C(F)(F)F.O=C(O)C(F)(F)F.[2H]CC.[B][B][B][B][B][B][B][B][B][B][B][B][B][B][B][B][B][B][B][B][B][B][B]. The standard InChI is InChI=1S/C27H28ClN5O.C23H24ClN5.C6H15N.C4H5ClO.2C2HF3O2.C2H6.CH4.B23/c1-17-26-23-8-7-20(18-9-12-32(13-10-18)27(34)19-5-6-19)15-24(23)25(11-14-33(26)31-30-17)29-22-4-2-3-21(28)16-22;1-15-23-20-6-5-17(16-7-10-25-11-8-16)13-21(20)22(9-12-29(23)28-27-15)26-19-4-2-3-18(24)14-19;1-4-7(5-2)6-3;5-4(6)3-1-2-3;2*3-2(4,5)1(6)7;1-2;;1-3-5-7-9-11-13-15-17-19-21-23-22-20-18-16-14-12-10-8-6-4-2/h2-4,7-9,15-16,19,25,29H,5-6,10-14H2,1H3;2-7,13-14,22,25-26H,8-12H2,1H3;4-6H2,1-3H3;3H,1-2H2;2*(H,6,7);1-2H3;1H4;/i;;;;;;1D;;. The Morgan fingerprint density at radius 3 is 1.22 bits per heavy atom. The summed E-state index contributed by atoms with van der Waals surface area (Å²) in [5, 5.41) is 43.8. The second-order valence-electron chi connectivity index (χ2n) is 26.2. The van der Waals surface area contributed by atoms with Crippen molar-refractivity contribution in [2.75, 3.05) is 56.4 Å². The van der Waals surface area contributed by atoms with Crippen LogP contribution < -0.4 is 16.0 Å². The summed E-state index contributed by atoms with van der Waals surface area (Å²) in [4.78, 5) is 44.6. The van der Waals surface area contributed by atoms with E-state index in [9.17, 15) is 35.9 Å². The molecule has 12 rings (SSSR count). The molecule has 2 atom stereocenters. The highest BCUT2D eigenvalue weighted by molar-refractivity contribution is 7.75. The van der Waals surface area contributed by atoms with Crippen LogP contribution in [-0.2, 0) is 32.3 Å². The molecule has 575 valence electrons. The molecule has 116 heavy (non-hydrogen) atoms. The first-order valence-electron chi connectivity index (χ1n) is 38.6. The third-order valence-electron chi connectivity index (χ3n) is 18.0. The van der Waals surface area contributed by atoms with Crippen LogP contribution in [0.15, 0.2) is 97.1 Å². The number of aromatic nitrogens is 6. The van der Waals surface area contributed by atoms with Crippen LogP contribution in [0.3, 0.4) is 0 Å². The molecule has 1 amide bonds. The van der Waals surface area contributed by atoms with E-state index in [0.29, 0.717) is 19.4 Å². The van der Waals surface area contributed by atoms with Gasteiger partial charge < -0.3 is 36.0 Å². The molecule has 4 aliphatic heterocycles. The molecule has 2 aliphatic carbocycles. The Morgan fingerprint density at radius 2 is 0.940 bits per heavy atom. The van der Waals surface area contributed by atoms with E-state index in [0.717, 1.165) is 128 Å². The lowest BCUT2D eigenvalue weighted by Gasteiger charge is -2.27. The molecule has 2 aromatic heterocycles. The van der Waals surface area contributed by atoms with E-state index in [1.807, 2.05) is 185 Å². The van der Waals surface area contributed by atoms with Gasteiger partial charge in [0.05, 0.1) is 34.9 Å². The molecule has 0 saturated heterocycles. The maximum Gasteiger partial charge on any atom is 0.490 e. The summed E-state index contributed by atoms with van der Waals surface area (Å²) in [6.45, 7) is 21.6. The lowest BCUT2D eigenvalue weighted by molar-refractivity contribution is -0.193. The Balaban J connectivity index is 0.000000315. The van der Waals surface area contributed by atoms with Crippen molar-refractivity contribution in [1.29, 1.82) is 0 Å². The smallest absolute Gasteiger partial charge is 0.475 e. The number of benzene rings is 4. The molecule has 17 nitrogen and oxygen atoms in total. The van der Waals surface area contributed by atoms with Crippen molar-refractivity contribution in [3.8, 4) is 22.5 Å². The summed E-state index contributed by atoms with van der Waals surface area (Å²) in [6, 6.07) is 29.7. The highest BCUT2D eigenvalue weighted by Crippen LogP contribution is 2.42. The predicted molar refractivity (Wildman–Crippen MR) is 487 cm³/mol. The van der Waals surface area contributed by atoms with Gasteiger partial charge in [0.1, 0.15) is 0 Å². The monoisotopic (exact) mass is 1610 g/mol. The number of alkyl halides is 6. The minimum Gasteiger partial charge on any atom is -0.475 e. The first kappa shape index (κ1) is 101. The quantitative estimate of drug-likeness (QED) is 0.0128. The summed E-state index contributed by atoms with van der Waals surface area (Å²) < 4.78 is 73.7. The highest BCUT2D eigenvalue weighted by atomic mass is 35.5. The van der Waals surface area contributed by atoms with Gasteiger partial charge in [0, 0.05) is 242 Å². The zero-order valence-electron chi connectivity index (χ0n) is 66.6. The van der Waals surface area contributed by atoms with Crippen LogP contribution in [0, 0.1) is 25.7 Å². The Labute approximate surface area is 718 Å². The fraction of sp³-hybridized carbons (Fsp3) is 0.463. The van der Waals surface area contributed by atoms with Gasteiger partial charge in [0.2, 0.25) is 11.1 Å². The molecule has 5 N–H and O–H groups in total. The molecule has 6 aromatic rings. The highest BCUT2D eigenvalue weighted by Gasteiger charge is 2.39. The molecular weight excluding hydrogens is 1520 g/mol. The van der Waals surface area contributed by atoms with Crippen LogP contribution in [0.25, 0.3) is 33.7 Å². The Bertz CT molecular complexity index is 3980. The minimum absolute atomic E-state index is 0. The third kappa shape index (κ3) is 37.4. The van der Waals surface area contributed by atoms with Gasteiger partial charge in [-0.1, -0.05) is 124 Å². The number of fused-ring (bicyclic) bond motifs is 6. The number of halogens is 9. The minimum atomic E-state index is -5.08. The summed E-state index contributed by atoms with van der Waals surface area (Å²) in [5.41, 5.74) is 16.4. The number of carboxylic acids is 2. The van der Waals surface area contributed by atoms with Crippen LogP contribution in [0.2, 0.25) is 10.0 Å². The maximum atomic E-state index is 12.5. The second kappa shape index (κ2) is 55.9. The number of hydrogen-bond acceptors (Lipinski definition) is 12. The molecule has 0 spiro atoms. The van der Waals surface area contributed by atoms with Crippen LogP contribution in [0.5, 0.6) is 0 Å². The summed E-state index contributed by atoms with van der Waals surface area (Å²) in [5.74, 6) is -4.67. The zero-order chi connectivity index (χ0) is 85.0. The van der Waals surface area contributed by atoms with Crippen LogP contribution in [0.4, 0.5) is 37.7 Å². The normalized spacial score (nSPS) is 15.1. The van der Waals surface area contributed by atoms with Crippen LogP contribution in [0.1, 0.15) is 140 Å². The molecule has 6 aliphatic rings. The van der Waals surface area contributed by atoms with E-state index >= 15 is 0 Å². The van der Waals surface area contributed by atoms with Crippen LogP contribution >= 0.6 is 34.8 Å². The first-order valence-corrected chi connectivity index (χ1v) is 39.0. The van der Waals surface area contributed by atoms with Gasteiger partial charge in [-0.3, -0.25) is 9.59 Å². The number of hydrogen-bond donors (Lipinski definition) is 5. The van der Waals surface area contributed by atoms with E-state index in [1.165, 1.54) is 78.3 Å². The molecule has 4 aromatic carbocycles. The first-order chi connectivity index (χ1) is 55.6. The van der Waals surface area contributed by atoms with Gasteiger partial charge in [-0.05, 0) is 185 Å². The van der Waals surface area contributed by atoms with E-state index in [1.54, 1.807) is 21.0 Å². The lowest BCUT2D eigenvalue weighted by atomic mass is 8.83. The number of anilines is 2. The number of nitrogens with zero attached hydrogens (tertiary/aromatic N) is 8. The molecule has 2 fully saturated rings. The zero-order valence-corrected chi connectivity index (χ0v) is 67.8. The van der Waals surface area contributed by atoms with E-state index in [-0.39, 0.29) is 36.6 Å². The second-order valence-corrected chi connectivity index (χ2v) is 27.4. The van der Waals surface area contributed by atoms with Crippen molar-refractivity contribution in [2.45, 2.75) is 145 Å². The number of amides is 1. The summed E-state index contributed by atoms with van der Waals surface area (Å²) in [7, 11) is 50.0. The average molecular weight is 1610 g/mol. The molecule has 49 heteroatoms. The molecule has 6 heterocycles. The fourth-order valence-electron chi connectivity index (χ4n) is 11.8. The van der Waals surface area contributed by atoms with Gasteiger partial charge >= 0.3 is 24.3 Å². The summed E-state index contributed by atoms with van der Waals surface area (Å²) in [6.07, 6.45) is 2.29. The molecule has 2 unspecified atom stereocenters. The molecule has 25 radical (unpaired) electrons. The van der Waals surface area contributed by atoms with Gasteiger partial charge in [0.15, 0.2) is 0 Å². The Morgan fingerprint density at radius 1 is 0.569 bits per heavy atom. The van der Waals surface area contributed by atoms with Gasteiger partial charge in [-0.2, -0.15) is 26.3 Å². The number of carbonyl (C=O) groups is 4. The van der Waals surface area contributed by atoms with Crippen LogP contribution in [-0.4, -0.2) is 295 Å². The lowest BCUT2D eigenvalue weighted by Crippen LogP contribution is -2.36. The van der Waals surface area contributed by atoms with Crippen molar-refractivity contribution >= 4 is 244 Å². The average Bonchev–Trinajstić information content (AvgIpc) is 1.65. The molecular formula is C67H84B23Cl3F6N11O6. The number of aryl methyl sites for hydroxylation is 4. The van der Waals surface area contributed by atoms with E-state index < -0.39 is 24.3 Å². The van der Waals surface area contributed by atoms with Gasteiger partial charge in [0.25, 0.3) is 0 Å². The van der Waals surface area contributed by atoms with E-state index in [4.69, 9.17) is 71.4 Å². The number of nitrogens with one attached hydrogen (secondary N) is 3. The largest absolute Gasteiger partial charge is 0.490 e. The van der Waals surface area contributed by atoms with Crippen molar-refractivity contribution in [1.82, 2.24) is 45.1 Å². The topological polar surface area (TPSA) is 213 Å². The Kier molecular flexibility index (Phi) is 48.6. The molecule has 0 bridgehead atoms. The van der Waals surface area contributed by atoms with Gasteiger partial charge in [-0.25, -0.2) is 19.0 Å². The predicted octanol–water partition coefficient (Wildman–Crippen LogP) is 7.01. The van der Waals surface area contributed by atoms with Crippen molar-refractivity contribution in [2.24, 2.45) is 11.8 Å². The number of aliphatic carboxylic acids is 2. The van der Waals surface area contributed by atoms with E-state index in [2.05, 4.69) is 123 Å². The number of carbonyl (C=O) groups excluding carboxylic acids is 2. The molecule has 2 saturated carbocycles. The van der Waals surface area contributed by atoms with Crippen molar-refractivity contribution in [3.63, 3.8) is 0 Å². The van der Waals surface area contributed by atoms with Crippen molar-refractivity contribution in [3.05, 3.63) is 141 Å². The van der Waals surface area contributed by atoms with Crippen molar-refractivity contribution < 1.29 is 57.1 Å². The Hall–Kier alpha value is -5.82. The number of rotatable bonds is 31. The third-order valence-corrected chi connectivity index (χ3v) is 18.7. The van der Waals surface area contributed by atoms with Gasteiger partial charge in [-0.15, -0.1) is 10.2 Å². The maximum absolute atomic E-state index is 12.5. The number of carboxylic acid groups (broad SMARTS) is 2. The fourth-order valence-corrected chi connectivity index (χ4v) is 12.4. The summed E-state index contributed by atoms with van der Waals surface area (Å²) >= 11 is 17.5.